The van der Waals surface area contributed by atoms with Gasteiger partial charge in [-0.15, -0.1) is 0 Å². The molecule has 0 saturated carbocycles. The van der Waals surface area contributed by atoms with Gasteiger partial charge in [-0.1, -0.05) is 6.07 Å². The molecule has 0 fully saturated rings. The van der Waals surface area contributed by atoms with Gasteiger partial charge in [0.2, 0.25) is 5.75 Å². The van der Waals surface area contributed by atoms with Crippen molar-refractivity contribution in [3.05, 3.63) is 76.2 Å². The largest absolute Gasteiger partial charge is 0.450 e. The van der Waals surface area contributed by atoms with Gasteiger partial charge < -0.3 is 24.1 Å². The number of amides is 1. The van der Waals surface area contributed by atoms with Crippen LogP contribution >= 0.6 is 0 Å². The third-order valence-electron chi connectivity index (χ3n) is 5.41. The molecule has 0 atom stereocenters. The van der Waals surface area contributed by atoms with Gasteiger partial charge in [0.25, 0.3) is 11.5 Å². The highest BCUT2D eigenvalue weighted by Gasteiger charge is 2.24. The Morgan fingerprint density at radius 2 is 1.89 bits per heavy atom. The standard InChI is InChI=1S/C25H23F2N3O5/c1-5-29-23(31)20-9-15-21(35-20)16(12-30(4)24(15)32)14-8-13(25(2,3)33)6-7-19(14)34-22-17(26)10-28-11-18(22)27/h6-12,33H,5H2,1-4H3,(H,29,31). The lowest BCUT2D eigenvalue weighted by atomic mass is 9.93. The van der Waals surface area contributed by atoms with E-state index in [0.29, 0.717) is 17.7 Å². The minimum Gasteiger partial charge on any atom is -0.450 e. The molecule has 0 saturated heterocycles. The number of ether oxygens (including phenoxy) is 1. The summed E-state index contributed by atoms with van der Waals surface area (Å²) in [6.45, 7) is 5.25. The number of benzene rings is 1. The smallest absolute Gasteiger partial charge is 0.287 e. The third kappa shape index (κ3) is 4.52. The molecule has 0 spiro atoms. The lowest BCUT2D eigenvalue weighted by Gasteiger charge is -2.21. The SMILES string of the molecule is CCNC(=O)c1cc2c(=O)n(C)cc(-c3cc(C(C)(C)O)ccc3Oc3c(F)cncc3F)c2o1. The number of aryl methyl sites for hydroxylation is 1. The first-order chi connectivity index (χ1) is 16.5. The van der Waals surface area contributed by atoms with E-state index in [1.807, 2.05) is 0 Å². The van der Waals surface area contributed by atoms with Crippen molar-refractivity contribution >= 4 is 16.9 Å². The second kappa shape index (κ2) is 8.95. The number of fused-ring (bicyclic) bond motifs is 1. The maximum absolute atomic E-state index is 14.3. The van der Waals surface area contributed by atoms with Crippen molar-refractivity contribution in [2.24, 2.45) is 7.05 Å². The summed E-state index contributed by atoms with van der Waals surface area (Å²) in [6.07, 6.45) is 3.10. The van der Waals surface area contributed by atoms with Crippen molar-refractivity contribution in [1.82, 2.24) is 14.9 Å². The molecule has 8 nitrogen and oxygen atoms in total. The van der Waals surface area contributed by atoms with Crippen molar-refractivity contribution < 1.29 is 27.8 Å². The van der Waals surface area contributed by atoms with Crippen molar-refractivity contribution in [3.8, 4) is 22.6 Å². The van der Waals surface area contributed by atoms with Gasteiger partial charge >= 0.3 is 0 Å². The maximum Gasteiger partial charge on any atom is 0.287 e. The predicted molar refractivity (Wildman–Crippen MR) is 124 cm³/mol. The molecule has 4 rings (SSSR count). The van der Waals surface area contributed by atoms with Crippen molar-refractivity contribution in [1.29, 1.82) is 0 Å². The number of nitrogens with zero attached hydrogens (tertiary/aromatic N) is 2. The number of furan rings is 1. The number of aliphatic hydroxyl groups is 1. The number of carbonyl (C=O) groups is 1. The summed E-state index contributed by atoms with van der Waals surface area (Å²) in [4.78, 5) is 28.6. The number of hydrogen-bond acceptors (Lipinski definition) is 6. The van der Waals surface area contributed by atoms with E-state index in [-0.39, 0.29) is 28.0 Å². The van der Waals surface area contributed by atoms with E-state index >= 15 is 0 Å². The third-order valence-corrected chi connectivity index (χ3v) is 5.41. The van der Waals surface area contributed by atoms with Gasteiger partial charge in [0.1, 0.15) is 11.3 Å². The zero-order valence-electron chi connectivity index (χ0n) is 19.5. The van der Waals surface area contributed by atoms with Crippen LogP contribution in [-0.2, 0) is 12.6 Å². The van der Waals surface area contributed by atoms with E-state index in [0.717, 1.165) is 12.4 Å². The molecule has 0 bridgehead atoms. The molecular weight excluding hydrogens is 460 g/mol. The number of hydrogen-bond donors (Lipinski definition) is 2. The molecule has 10 heteroatoms. The summed E-state index contributed by atoms with van der Waals surface area (Å²) in [5.41, 5.74) is -0.535. The molecule has 2 N–H and O–H groups in total. The zero-order valence-corrected chi connectivity index (χ0v) is 19.5. The monoisotopic (exact) mass is 483 g/mol. The molecule has 0 aliphatic heterocycles. The first kappa shape index (κ1) is 24.1. The van der Waals surface area contributed by atoms with Gasteiger partial charge in [0.15, 0.2) is 17.4 Å². The normalized spacial score (nSPS) is 11.6. The summed E-state index contributed by atoms with van der Waals surface area (Å²) in [5.74, 6) is -3.23. The van der Waals surface area contributed by atoms with Crippen molar-refractivity contribution in [2.45, 2.75) is 26.4 Å². The summed E-state index contributed by atoms with van der Waals surface area (Å²) in [6, 6.07) is 5.92. The Morgan fingerprint density at radius 3 is 2.51 bits per heavy atom. The van der Waals surface area contributed by atoms with Crippen molar-refractivity contribution in [3.63, 3.8) is 0 Å². The van der Waals surface area contributed by atoms with E-state index in [1.165, 1.54) is 29.9 Å². The summed E-state index contributed by atoms with van der Waals surface area (Å²) < 4.78 is 41.3. The molecule has 4 aromatic rings. The van der Waals surface area contributed by atoms with Gasteiger partial charge in [0.05, 0.1) is 23.4 Å². The second-order valence-electron chi connectivity index (χ2n) is 8.48. The number of carbonyl (C=O) groups excluding carboxylic acids is 1. The Kier molecular flexibility index (Phi) is 6.16. The van der Waals surface area contributed by atoms with Crippen LogP contribution in [0.2, 0.25) is 0 Å². The van der Waals surface area contributed by atoms with Gasteiger partial charge in [-0.25, -0.2) is 8.78 Å². The van der Waals surface area contributed by atoms with Crippen LogP contribution in [0.1, 0.15) is 36.9 Å². The van der Waals surface area contributed by atoms with Gasteiger partial charge in [-0.05, 0) is 38.5 Å². The number of rotatable bonds is 6. The minimum atomic E-state index is -1.27. The van der Waals surface area contributed by atoms with E-state index in [4.69, 9.17) is 9.15 Å². The Morgan fingerprint density at radius 1 is 1.20 bits per heavy atom. The second-order valence-corrected chi connectivity index (χ2v) is 8.48. The Balaban J connectivity index is 2.00. The van der Waals surface area contributed by atoms with E-state index in [9.17, 15) is 23.5 Å². The Hall–Kier alpha value is -4.05. The topological polar surface area (TPSA) is 107 Å². The fourth-order valence-electron chi connectivity index (χ4n) is 3.62. The first-order valence-electron chi connectivity index (χ1n) is 10.8. The van der Waals surface area contributed by atoms with Crippen LogP contribution in [0.5, 0.6) is 11.5 Å². The van der Waals surface area contributed by atoms with Crippen LogP contribution < -0.4 is 15.6 Å². The van der Waals surface area contributed by atoms with E-state index in [1.54, 1.807) is 32.9 Å². The minimum absolute atomic E-state index is 0.0258. The van der Waals surface area contributed by atoms with E-state index < -0.39 is 34.5 Å². The quantitative estimate of drug-likeness (QED) is 0.425. The fourth-order valence-corrected chi connectivity index (χ4v) is 3.62. The van der Waals surface area contributed by atoms with Crippen LogP contribution in [0.15, 0.2) is 52.1 Å². The summed E-state index contributed by atoms with van der Waals surface area (Å²) >= 11 is 0. The highest BCUT2D eigenvalue weighted by molar-refractivity contribution is 6.00. The number of halogens is 2. The predicted octanol–water partition coefficient (Wildman–Crippen LogP) is 4.24. The molecule has 0 aliphatic carbocycles. The van der Waals surface area contributed by atoms with Crippen molar-refractivity contribution in [2.75, 3.05) is 6.54 Å². The van der Waals surface area contributed by atoms with Gasteiger partial charge in [-0.3, -0.25) is 14.6 Å². The molecule has 35 heavy (non-hydrogen) atoms. The summed E-state index contributed by atoms with van der Waals surface area (Å²) in [7, 11) is 1.52. The molecule has 0 unspecified atom stereocenters. The molecular formula is C25H23F2N3O5. The molecule has 1 amide bonds. The summed E-state index contributed by atoms with van der Waals surface area (Å²) in [5, 5.41) is 13.3. The zero-order chi connectivity index (χ0) is 25.5. The van der Waals surface area contributed by atoms with Crippen LogP contribution in [0.3, 0.4) is 0 Å². The molecule has 1 aromatic carbocycles. The first-order valence-corrected chi connectivity index (χ1v) is 10.8. The van der Waals surface area contributed by atoms with Crippen LogP contribution in [0.4, 0.5) is 8.78 Å². The van der Waals surface area contributed by atoms with Gasteiger partial charge in [-0.2, -0.15) is 0 Å². The fraction of sp³-hybridized carbons (Fsp3) is 0.240. The maximum atomic E-state index is 14.3. The average molecular weight is 483 g/mol. The van der Waals surface area contributed by atoms with Crippen LogP contribution in [0.25, 0.3) is 22.1 Å². The molecule has 3 aromatic heterocycles. The lowest BCUT2D eigenvalue weighted by Crippen LogP contribution is -2.22. The molecule has 3 heterocycles. The lowest BCUT2D eigenvalue weighted by molar-refractivity contribution is 0.0786. The number of nitrogens with one attached hydrogen (secondary N) is 1. The highest BCUT2D eigenvalue weighted by atomic mass is 19.1. The molecule has 182 valence electrons. The number of pyridine rings is 2. The Bertz CT molecular complexity index is 1480. The number of aromatic nitrogens is 2. The molecule has 0 aliphatic rings. The van der Waals surface area contributed by atoms with E-state index in [2.05, 4.69) is 10.3 Å². The van der Waals surface area contributed by atoms with Gasteiger partial charge in [0, 0.05) is 37.0 Å². The van der Waals surface area contributed by atoms with Crippen LogP contribution in [-0.4, -0.2) is 27.1 Å². The molecule has 0 radical (unpaired) electrons. The Labute approximate surface area is 198 Å². The highest BCUT2D eigenvalue weighted by Crippen LogP contribution is 2.40. The van der Waals surface area contributed by atoms with Crippen LogP contribution in [0, 0.1) is 11.6 Å². The average Bonchev–Trinajstić information content (AvgIpc) is 3.24.